The van der Waals surface area contributed by atoms with Crippen LogP contribution in [0.1, 0.15) is 15.9 Å². The molecule has 0 saturated carbocycles. The van der Waals surface area contributed by atoms with E-state index in [4.69, 9.17) is 11.6 Å². The van der Waals surface area contributed by atoms with Crippen molar-refractivity contribution >= 4 is 32.8 Å². The van der Waals surface area contributed by atoms with Crippen LogP contribution >= 0.6 is 27.5 Å². The molecule has 2 rings (SSSR count). The van der Waals surface area contributed by atoms with Gasteiger partial charge in [0.05, 0.1) is 0 Å². The maximum absolute atomic E-state index is 11.0. The molecule has 0 aliphatic heterocycles. The van der Waals surface area contributed by atoms with Gasteiger partial charge < -0.3 is 4.57 Å². The average Bonchev–Trinajstić information content (AvgIpc) is 2.73. The van der Waals surface area contributed by atoms with Gasteiger partial charge in [0.25, 0.3) is 5.24 Å². The van der Waals surface area contributed by atoms with Crippen LogP contribution in [-0.2, 0) is 6.54 Å². The lowest BCUT2D eigenvalue weighted by Gasteiger charge is -2.06. The van der Waals surface area contributed by atoms with Crippen molar-refractivity contribution in [1.82, 2.24) is 4.57 Å². The van der Waals surface area contributed by atoms with Crippen molar-refractivity contribution in [1.29, 1.82) is 0 Å². The largest absolute Gasteiger partial charge is 0.350 e. The van der Waals surface area contributed by atoms with Gasteiger partial charge in [0.15, 0.2) is 0 Å². The number of halogens is 2. The van der Waals surface area contributed by atoms with Crippen LogP contribution in [0.15, 0.2) is 47.2 Å². The molecule has 0 aliphatic rings. The Labute approximate surface area is 107 Å². The normalized spacial score (nSPS) is 10.4. The highest BCUT2D eigenvalue weighted by molar-refractivity contribution is 9.10. The van der Waals surface area contributed by atoms with Crippen molar-refractivity contribution in [3.05, 3.63) is 58.3 Å². The zero-order valence-corrected chi connectivity index (χ0v) is 10.7. The Balaban J connectivity index is 2.26. The molecule has 0 aliphatic carbocycles. The third kappa shape index (κ3) is 2.54. The first-order valence-electron chi connectivity index (χ1n) is 4.76. The summed E-state index contributed by atoms with van der Waals surface area (Å²) in [5, 5.41) is -0.437. The predicted molar refractivity (Wildman–Crippen MR) is 67.9 cm³/mol. The van der Waals surface area contributed by atoms with Gasteiger partial charge in [-0.05, 0) is 41.4 Å². The average molecular weight is 299 g/mol. The molecule has 0 radical (unpaired) electrons. The van der Waals surface area contributed by atoms with Crippen molar-refractivity contribution in [2.45, 2.75) is 6.54 Å². The molecule has 0 saturated heterocycles. The van der Waals surface area contributed by atoms with E-state index in [1.807, 2.05) is 30.6 Å². The Bertz CT molecular complexity index is 508. The molecule has 0 N–H and O–H groups in total. The summed E-state index contributed by atoms with van der Waals surface area (Å²) >= 11 is 8.84. The van der Waals surface area contributed by atoms with E-state index in [9.17, 15) is 4.79 Å². The second-order valence-electron chi connectivity index (χ2n) is 3.44. The van der Waals surface area contributed by atoms with E-state index in [0.29, 0.717) is 5.56 Å². The number of nitrogens with zero attached hydrogens (tertiary/aromatic N) is 1. The van der Waals surface area contributed by atoms with E-state index in [2.05, 4.69) is 20.5 Å². The molecule has 2 aromatic rings. The maximum Gasteiger partial charge on any atom is 0.252 e. The number of carbonyl (C=O) groups excluding carboxylic acids is 1. The van der Waals surface area contributed by atoms with Crippen molar-refractivity contribution in [3.63, 3.8) is 0 Å². The van der Waals surface area contributed by atoms with Crippen molar-refractivity contribution in [3.8, 4) is 0 Å². The summed E-state index contributed by atoms with van der Waals surface area (Å²) in [5.74, 6) is 0. The second-order valence-corrected chi connectivity index (χ2v) is 4.63. The lowest BCUT2D eigenvalue weighted by molar-refractivity contribution is 0.108. The topological polar surface area (TPSA) is 22.0 Å². The van der Waals surface area contributed by atoms with Crippen LogP contribution in [0.3, 0.4) is 0 Å². The number of benzene rings is 1. The van der Waals surface area contributed by atoms with E-state index in [-0.39, 0.29) is 0 Å². The molecule has 1 heterocycles. The zero-order chi connectivity index (χ0) is 11.5. The summed E-state index contributed by atoms with van der Waals surface area (Å²) in [5.41, 5.74) is 1.61. The van der Waals surface area contributed by atoms with Crippen molar-refractivity contribution in [2.75, 3.05) is 0 Å². The van der Waals surface area contributed by atoms with Gasteiger partial charge in [-0.2, -0.15) is 0 Å². The molecular formula is C12H9BrClNO. The number of rotatable bonds is 3. The molecule has 16 heavy (non-hydrogen) atoms. The van der Waals surface area contributed by atoms with E-state index in [0.717, 1.165) is 16.6 Å². The molecule has 0 spiro atoms. The number of hydrogen-bond donors (Lipinski definition) is 0. The van der Waals surface area contributed by atoms with Crippen LogP contribution in [-0.4, -0.2) is 9.81 Å². The lowest BCUT2D eigenvalue weighted by atomic mass is 10.1. The molecule has 82 valence electrons. The van der Waals surface area contributed by atoms with E-state index < -0.39 is 5.24 Å². The molecule has 0 unspecified atom stereocenters. The van der Waals surface area contributed by atoms with E-state index >= 15 is 0 Å². The molecule has 1 aromatic heterocycles. The van der Waals surface area contributed by atoms with Crippen LogP contribution in [0.5, 0.6) is 0 Å². The summed E-state index contributed by atoms with van der Waals surface area (Å²) < 4.78 is 2.95. The summed E-state index contributed by atoms with van der Waals surface area (Å²) in [6, 6.07) is 9.34. The molecule has 0 atom stereocenters. The number of carbonyl (C=O) groups is 1. The van der Waals surface area contributed by atoms with Crippen LogP contribution in [0.4, 0.5) is 0 Å². The molecule has 1 aromatic carbocycles. The van der Waals surface area contributed by atoms with Gasteiger partial charge in [0.2, 0.25) is 0 Å². The highest BCUT2D eigenvalue weighted by atomic mass is 79.9. The summed E-state index contributed by atoms with van der Waals surface area (Å²) in [6.45, 7) is 0.768. The SMILES string of the molecule is O=C(Cl)c1ccc(Cn2cccc2)c(Br)c1. The Hall–Kier alpha value is -1.06. The predicted octanol–water partition coefficient (Wildman–Crippen LogP) is 3.68. The highest BCUT2D eigenvalue weighted by Gasteiger charge is 2.06. The van der Waals surface area contributed by atoms with E-state index in [1.165, 1.54) is 0 Å². The van der Waals surface area contributed by atoms with Gasteiger partial charge in [0, 0.05) is 29.0 Å². The van der Waals surface area contributed by atoms with Gasteiger partial charge in [-0.1, -0.05) is 22.0 Å². The first-order valence-corrected chi connectivity index (χ1v) is 5.93. The van der Waals surface area contributed by atoms with Crippen LogP contribution in [0, 0.1) is 0 Å². The van der Waals surface area contributed by atoms with Gasteiger partial charge >= 0.3 is 0 Å². The van der Waals surface area contributed by atoms with Crippen LogP contribution in [0.25, 0.3) is 0 Å². The molecule has 0 fully saturated rings. The van der Waals surface area contributed by atoms with Crippen LogP contribution in [0.2, 0.25) is 0 Å². The Morgan fingerprint density at radius 2 is 2.00 bits per heavy atom. The minimum atomic E-state index is -0.437. The van der Waals surface area contributed by atoms with Gasteiger partial charge in [-0.25, -0.2) is 0 Å². The van der Waals surface area contributed by atoms with Gasteiger partial charge in [-0.3, -0.25) is 4.79 Å². The second kappa shape index (κ2) is 4.85. The summed E-state index contributed by atoms with van der Waals surface area (Å²) in [6.07, 6.45) is 3.99. The quantitative estimate of drug-likeness (QED) is 0.792. The standard InChI is InChI=1S/C12H9BrClNO/c13-11-7-9(12(14)16)3-4-10(11)8-15-5-1-2-6-15/h1-7H,8H2. The molecular weight excluding hydrogens is 289 g/mol. The molecule has 0 bridgehead atoms. The zero-order valence-electron chi connectivity index (χ0n) is 8.36. The fourth-order valence-electron chi connectivity index (χ4n) is 1.47. The smallest absolute Gasteiger partial charge is 0.252 e. The Morgan fingerprint density at radius 3 is 2.56 bits per heavy atom. The summed E-state index contributed by atoms with van der Waals surface area (Å²) in [7, 11) is 0. The highest BCUT2D eigenvalue weighted by Crippen LogP contribution is 2.20. The lowest BCUT2D eigenvalue weighted by Crippen LogP contribution is -1.98. The third-order valence-electron chi connectivity index (χ3n) is 2.30. The fourth-order valence-corrected chi connectivity index (χ4v) is 2.09. The van der Waals surface area contributed by atoms with Gasteiger partial charge in [-0.15, -0.1) is 0 Å². The van der Waals surface area contributed by atoms with Crippen molar-refractivity contribution < 1.29 is 4.79 Å². The summed E-state index contributed by atoms with van der Waals surface area (Å²) in [4.78, 5) is 11.0. The van der Waals surface area contributed by atoms with E-state index in [1.54, 1.807) is 12.1 Å². The minimum absolute atomic E-state index is 0.437. The Kier molecular flexibility index (Phi) is 3.46. The van der Waals surface area contributed by atoms with Gasteiger partial charge in [0.1, 0.15) is 0 Å². The number of aromatic nitrogens is 1. The van der Waals surface area contributed by atoms with Crippen LogP contribution < -0.4 is 0 Å². The molecule has 4 heteroatoms. The number of hydrogen-bond acceptors (Lipinski definition) is 1. The first kappa shape index (κ1) is 11.4. The molecule has 2 nitrogen and oxygen atoms in total. The van der Waals surface area contributed by atoms with Crippen molar-refractivity contribution in [2.24, 2.45) is 0 Å². The maximum atomic E-state index is 11.0. The minimum Gasteiger partial charge on any atom is -0.350 e. The Morgan fingerprint density at radius 1 is 1.31 bits per heavy atom. The molecule has 0 amide bonds. The fraction of sp³-hybridized carbons (Fsp3) is 0.0833. The third-order valence-corrected chi connectivity index (χ3v) is 3.26. The first-order chi connectivity index (χ1) is 7.66. The monoisotopic (exact) mass is 297 g/mol.